The molecule has 0 unspecified atom stereocenters. The van der Waals surface area contributed by atoms with Gasteiger partial charge in [-0.25, -0.2) is 0 Å². The van der Waals surface area contributed by atoms with Crippen LogP contribution in [0.25, 0.3) is 0 Å². The summed E-state index contributed by atoms with van der Waals surface area (Å²) < 4.78 is 4.98. The number of carbonyl (C=O) groups is 1. The molecule has 0 saturated heterocycles. The second-order valence-electron chi connectivity index (χ2n) is 4.37. The lowest BCUT2D eigenvalue weighted by Crippen LogP contribution is -2.34. The largest absolute Gasteiger partial charge is 0.395 e. The number of carbonyl (C=O) groups excluding carboxylic acids is 1. The van der Waals surface area contributed by atoms with Gasteiger partial charge in [0.15, 0.2) is 5.69 Å². The second-order valence-corrected chi connectivity index (χ2v) is 4.37. The average molecular weight is 269 g/mol. The molecule has 0 aromatic carbocycles. The number of anilines is 1. The molecule has 0 saturated carbocycles. The average Bonchev–Trinajstić information content (AvgIpc) is 2.77. The van der Waals surface area contributed by atoms with Crippen molar-refractivity contribution in [1.29, 1.82) is 0 Å². The number of ether oxygens (including phenoxy) is 1. The topological polar surface area (TPSA) is 96.3 Å². The number of nitrogen functional groups attached to an aromatic ring is 1. The number of amides is 1. The molecule has 19 heavy (non-hydrogen) atoms. The van der Waals surface area contributed by atoms with E-state index in [-0.39, 0.29) is 11.6 Å². The van der Waals surface area contributed by atoms with Crippen molar-refractivity contribution in [2.24, 2.45) is 0 Å². The van der Waals surface area contributed by atoms with E-state index < -0.39 is 0 Å². The third kappa shape index (κ3) is 4.53. The molecule has 108 valence electrons. The van der Waals surface area contributed by atoms with E-state index in [1.807, 2.05) is 14.0 Å². The number of rotatable bonds is 8. The highest BCUT2D eigenvalue weighted by Gasteiger charge is 2.15. The minimum Gasteiger partial charge on any atom is -0.395 e. The van der Waals surface area contributed by atoms with Gasteiger partial charge in [-0.05, 0) is 13.5 Å². The Morgan fingerprint density at radius 3 is 2.84 bits per heavy atom. The predicted molar refractivity (Wildman–Crippen MR) is 74.1 cm³/mol. The Labute approximate surface area is 113 Å². The summed E-state index contributed by atoms with van der Waals surface area (Å²) in [6.45, 7) is 4.76. The molecular formula is C12H23N5O2. The van der Waals surface area contributed by atoms with Gasteiger partial charge in [0, 0.05) is 26.7 Å². The van der Waals surface area contributed by atoms with E-state index in [0.29, 0.717) is 18.8 Å². The molecule has 7 nitrogen and oxygen atoms in total. The van der Waals surface area contributed by atoms with E-state index >= 15 is 0 Å². The number of aryl methyl sites for hydroxylation is 1. The van der Waals surface area contributed by atoms with E-state index in [1.54, 1.807) is 7.11 Å². The molecule has 0 atom stereocenters. The molecule has 0 aliphatic carbocycles. The van der Waals surface area contributed by atoms with Gasteiger partial charge >= 0.3 is 0 Å². The molecule has 1 rings (SSSR count). The fraction of sp³-hybridized carbons (Fsp3) is 0.667. The van der Waals surface area contributed by atoms with E-state index in [1.165, 1.54) is 0 Å². The molecule has 0 fully saturated rings. The van der Waals surface area contributed by atoms with E-state index in [2.05, 4.69) is 20.4 Å². The molecule has 7 heteroatoms. The number of aromatic nitrogens is 2. The van der Waals surface area contributed by atoms with Crippen LogP contribution in [0.5, 0.6) is 0 Å². The Balaban J connectivity index is 2.37. The third-order valence-electron chi connectivity index (χ3n) is 2.91. The highest BCUT2D eigenvalue weighted by Crippen LogP contribution is 2.13. The zero-order chi connectivity index (χ0) is 14.3. The first kappa shape index (κ1) is 15.5. The minimum absolute atomic E-state index is 0.242. The molecular weight excluding hydrogens is 246 g/mol. The summed E-state index contributed by atoms with van der Waals surface area (Å²) in [5, 5.41) is 9.51. The summed E-state index contributed by atoms with van der Waals surface area (Å²) in [4.78, 5) is 14.0. The lowest BCUT2D eigenvalue weighted by molar-refractivity contribution is 0.0943. The number of nitrogens with one attached hydrogen (secondary N) is 2. The fourth-order valence-electron chi connectivity index (χ4n) is 1.63. The summed E-state index contributed by atoms with van der Waals surface area (Å²) in [5.41, 5.74) is 7.34. The summed E-state index contributed by atoms with van der Waals surface area (Å²) in [5.74, 6) is -0.242. The Kier molecular flexibility index (Phi) is 6.31. The number of nitrogens with zero attached hydrogens (tertiary/aromatic N) is 2. The molecule has 1 heterocycles. The van der Waals surface area contributed by atoms with Crippen molar-refractivity contribution in [3.63, 3.8) is 0 Å². The lowest BCUT2D eigenvalue weighted by atomic mass is 10.2. The first-order chi connectivity index (χ1) is 9.10. The van der Waals surface area contributed by atoms with Crippen molar-refractivity contribution in [3.8, 4) is 0 Å². The van der Waals surface area contributed by atoms with Gasteiger partial charge < -0.3 is 20.7 Å². The summed E-state index contributed by atoms with van der Waals surface area (Å²) in [6.07, 6.45) is 0.728. The van der Waals surface area contributed by atoms with Crippen molar-refractivity contribution in [1.82, 2.24) is 20.4 Å². The zero-order valence-corrected chi connectivity index (χ0v) is 11.8. The van der Waals surface area contributed by atoms with Crippen LogP contribution in [-0.2, 0) is 11.2 Å². The molecule has 1 aromatic rings. The summed E-state index contributed by atoms with van der Waals surface area (Å²) >= 11 is 0. The maximum Gasteiger partial charge on any atom is 0.273 e. The number of nitrogens with two attached hydrogens (primary N) is 1. The van der Waals surface area contributed by atoms with Crippen LogP contribution in [0, 0.1) is 0 Å². The molecule has 0 bridgehead atoms. The second kappa shape index (κ2) is 7.75. The molecule has 0 spiro atoms. The lowest BCUT2D eigenvalue weighted by Gasteiger charge is -2.15. The van der Waals surface area contributed by atoms with E-state index in [0.717, 1.165) is 25.2 Å². The zero-order valence-electron chi connectivity index (χ0n) is 11.8. The third-order valence-corrected chi connectivity index (χ3v) is 2.91. The first-order valence-corrected chi connectivity index (χ1v) is 6.38. The smallest absolute Gasteiger partial charge is 0.273 e. The molecule has 4 N–H and O–H groups in total. The first-order valence-electron chi connectivity index (χ1n) is 6.38. The minimum atomic E-state index is -0.242. The maximum atomic E-state index is 11.9. The van der Waals surface area contributed by atoms with E-state index in [4.69, 9.17) is 10.5 Å². The van der Waals surface area contributed by atoms with Crippen LogP contribution >= 0.6 is 0 Å². The van der Waals surface area contributed by atoms with Crippen LogP contribution in [0.4, 0.5) is 5.69 Å². The van der Waals surface area contributed by atoms with Crippen LogP contribution in [-0.4, -0.2) is 61.4 Å². The fourth-order valence-corrected chi connectivity index (χ4v) is 1.63. The predicted octanol–water partition coefficient (Wildman–Crippen LogP) is -0.138. The Morgan fingerprint density at radius 2 is 2.26 bits per heavy atom. The summed E-state index contributed by atoms with van der Waals surface area (Å²) in [6, 6.07) is 0. The number of H-pyrrole nitrogens is 1. The van der Waals surface area contributed by atoms with Crippen molar-refractivity contribution >= 4 is 11.6 Å². The van der Waals surface area contributed by atoms with Gasteiger partial charge in [0.05, 0.1) is 18.0 Å². The van der Waals surface area contributed by atoms with E-state index in [9.17, 15) is 4.79 Å². The molecule has 0 aliphatic rings. The van der Waals surface area contributed by atoms with Gasteiger partial charge in [0.2, 0.25) is 0 Å². The molecule has 0 aliphatic heterocycles. The Morgan fingerprint density at radius 1 is 1.53 bits per heavy atom. The van der Waals surface area contributed by atoms with Crippen molar-refractivity contribution in [3.05, 3.63) is 11.4 Å². The number of aromatic amines is 1. The van der Waals surface area contributed by atoms with Crippen LogP contribution in [0.2, 0.25) is 0 Å². The quantitative estimate of drug-likeness (QED) is 0.610. The Bertz CT molecular complexity index is 405. The van der Waals surface area contributed by atoms with Gasteiger partial charge in [-0.3, -0.25) is 9.89 Å². The van der Waals surface area contributed by atoms with Crippen molar-refractivity contribution in [2.75, 3.05) is 46.1 Å². The highest BCUT2D eigenvalue weighted by atomic mass is 16.5. The highest BCUT2D eigenvalue weighted by molar-refractivity contribution is 5.97. The maximum absolute atomic E-state index is 11.9. The molecule has 0 radical (unpaired) electrons. The number of methoxy groups -OCH3 is 1. The number of hydrogen-bond acceptors (Lipinski definition) is 5. The van der Waals surface area contributed by atoms with Gasteiger partial charge in [0.1, 0.15) is 0 Å². The van der Waals surface area contributed by atoms with Crippen LogP contribution < -0.4 is 11.1 Å². The van der Waals surface area contributed by atoms with Crippen LogP contribution in [0.15, 0.2) is 0 Å². The van der Waals surface area contributed by atoms with Gasteiger partial charge in [-0.2, -0.15) is 5.10 Å². The van der Waals surface area contributed by atoms with Crippen molar-refractivity contribution < 1.29 is 9.53 Å². The number of likely N-dealkylation sites (N-methyl/N-ethyl adjacent to an activating group) is 1. The van der Waals surface area contributed by atoms with Crippen LogP contribution in [0.3, 0.4) is 0 Å². The normalized spacial score (nSPS) is 10.9. The number of hydrogen-bond donors (Lipinski definition) is 3. The van der Waals surface area contributed by atoms with Crippen molar-refractivity contribution in [2.45, 2.75) is 13.3 Å². The standard InChI is InChI=1S/C12H23N5O2/c1-4-9-10(13)11(16-15-9)12(18)14-5-6-17(2)7-8-19-3/h4-8,13H2,1-3H3,(H,14,18)(H,15,16). The van der Waals surface area contributed by atoms with Crippen LogP contribution in [0.1, 0.15) is 23.1 Å². The molecule has 1 aromatic heterocycles. The van der Waals surface area contributed by atoms with Gasteiger partial charge in [-0.15, -0.1) is 0 Å². The molecule has 1 amide bonds. The Hall–Kier alpha value is -1.60. The summed E-state index contributed by atoms with van der Waals surface area (Å²) in [7, 11) is 3.64. The SMILES string of the molecule is CCc1[nH]nc(C(=O)NCCN(C)CCOC)c1N. The van der Waals surface area contributed by atoms with Gasteiger partial charge in [0.25, 0.3) is 5.91 Å². The van der Waals surface area contributed by atoms with Gasteiger partial charge in [-0.1, -0.05) is 6.92 Å². The monoisotopic (exact) mass is 269 g/mol.